The number of anilines is 1. The Morgan fingerprint density at radius 3 is 2.92 bits per heavy atom. The highest BCUT2D eigenvalue weighted by molar-refractivity contribution is 9.10. The zero-order valence-electron chi connectivity index (χ0n) is 13.2. The van der Waals surface area contributed by atoms with Crippen molar-refractivity contribution in [3.8, 4) is 0 Å². The van der Waals surface area contributed by atoms with Crippen LogP contribution in [0.2, 0.25) is 0 Å². The highest BCUT2D eigenvalue weighted by Crippen LogP contribution is 2.27. The molecule has 0 amide bonds. The van der Waals surface area contributed by atoms with E-state index in [0.717, 1.165) is 45.6 Å². The lowest BCUT2D eigenvalue weighted by molar-refractivity contribution is 0.267. The van der Waals surface area contributed by atoms with Crippen molar-refractivity contribution in [2.75, 3.05) is 5.73 Å². The fourth-order valence-electron chi connectivity index (χ4n) is 3.31. The highest BCUT2D eigenvalue weighted by atomic mass is 79.9. The fraction of sp³-hybridized carbons (Fsp3) is 0.176. The number of benzene rings is 1. The number of hydrogen-bond donors (Lipinski definition) is 1. The van der Waals surface area contributed by atoms with Crippen molar-refractivity contribution in [3.63, 3.8) is 0 Å². The minimum atomic E-state index is 0.333. The van der Waals surface area contributed by atoms with E-state index < -0.39 is 0 Å². The van der Waals surface area contributed by atoms with Crippen molar-refractivity contribution >= 4 is 38.4 Å². The Kier molecular flexibility index (Phi) is 3.22. The van der Waals surface area contributed by atoms with Crippen molar-refractivity contribution in [2.24, 2.45) is 0 Å². The molecule has 0 aliphatic carbocycles. The van der Waals surface area contributed by atoms with Crippen molar-refractivity contribution in [2.45, 2.75) is 19.6 Å². The standard InChI is InChI=1S/C17H14BrN7/c18-12-5-1-4-11-15(12)22-17(19)25-16(11)21-14(23-25)9-24-7-10-3-2-6-20-13(10)8-24/h1-6H,7-9H2,(H2,19,22). The third-order valence-corrected chi connectivity index (χ3v) is 5.08. The lowest BCUT2D eigenvalue weighted by Gasteiger charge is -2.10. The van der Waals surface area contributed by atoms with Gasteiger partial charge in [-0.1, -0.05) is 12.1 Å². The number of aromatic nitrogens is 5. The van der Waals surface area contributed by atoms with Crippen LogP contribution in [0, 0.1) is 0 Å². The van der Waals surface area contributed by atoms with Crippen LogP contribution in [0.3, 0.4) is 0 Å². The molecule has 4 aromatic rings. The van der Waals surface area contributed by atoms with Gasteiger partial charge in [-0.05, 0) is 39.7 Å². The van der Waals surface area contributed by atoms with Crippen LogP contribution < -0.4 is 5.73 Å². The Labute approximate surface area is 151 Å². The van der Waals surface area contributed by atoms with Crippen LogP contribution in [0.15, 0.2) is 41.0 Å². The number of nitrogen functional groups attached to an aromatic ring is 1. The van der Waals surface area contributed by atoms with E-state index in [1.165, 1.54) is 5.56 Å². The second-order valence-corrected chi connectivity index (χ2v) is 6.98. The van der Waals surface area contributed by atoms with Gasteiger partial charge in [-0.25, -0.2) is 9.97 Å². The third kappa shape index (κ3) is 2.37. The van der Waals surface area contributed by atoms with E-state index in [9.17, 15) is 0 Å². The van der Waals surface area contributed by atoms with Crippen LogP contribution >= 0.6 is 15.9 Å². The van der Waals surface area contributed by atoms with Crippen molar-refractivity contribution in [1.82, 2.24) is 29.5 Å². The summed E-state index contributed by atoms with van der Waals surface area (Å²) in [4.78, 5) is 15.9. The molecule has 7 nitrogen and oxygen atoms in total. The molecule has 25 heavy (non-hydrogen) atoms. The fourth-order valence-corrected chi connectivity index (χ4v) is 3.76. The maximum atomic E-state index is 6.09. The first-order valence-electron chi connectivity index (χ1n) is 7.93. The summed E-state index contributed by atoms with van der Waals surface area (Å²) in [6, 6.07) is 9.97. The molecule has 1 aromatic carbocycles. The zero-order valence-corrected chi connectivity index (χ0v) is 14.8. The van der Waals surface area contributed by atoms with E-state index >= 15 is 0 Å². The van der Waals surface area contributed by atoms with E-state index in [0.29, 0.717) is 12.5 Å². The van der Waals surface area contributed by atoms with Gasteiger partial charge in [-0.3, -0.25) is 9.88 Å². The summed E-state index contributed by atoms with van der Waals surface area (Å²) in [5, 5.41) is 5.48. The first-order chi connectivity index (χ1) is 12.2. The molecule has 0 saturated heterocycles. The van der Waals surface area contributed by atoms with Crippen molar-refractivity contribution in [1.29, 1.82) is 0 Å². The molecule has 0 atom stereocenters. The molecule has 1 aliphatic rings. The van der Waals surface area contributed by atoms with Gasteiger partial charge in [0.25, 0.3) is 0 Å². The molecular weight excluding hydrogens is 382 g/mol. The molecule has 0 bridgehead atoms. The molecule has 1 aliphatic heterocycles. The minimum Gasteiger partial charge on any atom is -0.368 e. The molecule has 0 radical (unpaired) electrons. The Morgan fingerprint density at radius 1 is 1.12 bits per heavy atom. The average molecular weight is 396 g/mol. The predicted octanol–water partition coefficient (Wildman–Crippen LogP) is 2.53. The van der Waals surface area contributed by atoms with Crippen LogP contribution in [-0.2, 0) is 19.6 Å². The van der Waals surface area contributed by atoms with Gasteiger partial charge in [0.1, 0.15) is 0 Å². The van der Waals surface area contributed by atoms with Crippen molar-refractivity contribution in [3.05, 3.63) is 58.1 Å². The van der Waals surface area contributed by atoms with Gasteiger partial charge in [0.2, 0.25) is 5.95 Å². The summed E-state index contributed by atoms with van der Waals surface area (Å²) in [5.74, 6) is 1.06. The Hall–Kier alpha value is -2.58. The number of halogens is 1. The number of para-hydroxylation sites is 1. The number of hydrogen-bond acceptors (Lipinski definition) is 6. The number of rotatable bonds is 2. The lowest BCUT2D eigenvalue weighted by atomic mass is 10.2. The normalized spacial score (nSPS) is 14.4. The van der Waals surface area contributed by atoms with Crippen molar-refractivity contribution < 1.29 is 0 Å². The molecule has 124 valence electrons. The molecule has 0 unspecified atom stereocenters. The molecule has 0 saturated carbocycles. The van der Waals surface area contributed by atoms with Gasteiger partial charge in [-0.2, -0.15) is 4.52 Å². The maximum absolute atomic E-state index is 6.09. The van der Waals surface area contributed by atoms with Crippen LogP contribution in [-0.4, -0.2) is 29.5 Å². The Bertz CT molecular complexity index is 1100. The molecule has 0 spiro atoms. The van der Waals surface area contributed by atoms with E-state index in [1.807, 2.05) is 30.5 Å². The SMILES string of the molecule is Nc1nc2c(Br)cccc2c2nc(CN3Cc4cccnc4C3)nn12. The molecule has 5 rings (SSSR count). The van der Waals surface area contributed by atoms with Gasteiger partial charge in [-0.15, -0.1) is 5.10 Å². The molecule has 0 fully saturated rings. The zero-order chi connectivity index (χ0) is 17.0. The van der Waals surface area contributed by atoms with Gasteiger partial charge >= 0.3 is 0 Å². The summed E-state index contributed by atoms with van der Waals surface area (Å²) in [5.41, 5.74) is 10.0. The van der Waals surface area contributed by atoms with Crippen LogP contribution in [0.25, 0.3) is 16.6 Å². The van der Waals surface area contributed by atoms with E-state index in [2.05, 4.69) is 42.0 Å². The van der Waals surface area contributed by atoms with Crippen LogP contribution in [0.1, 0.15) is 17.1 Å². The summed E-state index contributed by atoms with van der Waals surface area (Å²) in [6.07, 6.45) is 1.84. The molecule has 8 heteroatoms. The minimum absolute atomic E-state index is 0.333. The smallest absolute Gasteiger partial charge is 0.223 e. The van der Waals surface area contributed by atoms with E-state index in [-0.39, 0.29) is 0 Å². The predicted molar refractivity (Wildman–Crippen MR) is 97.6 cm³/mol. The Morgan fingerprint density at radius 2 is 2.04 bits per heavy atom. The van der Waals surface area contributed by atoms with Gasteiger partial charge in [0, 0.05) is 29.1 Å². The summed E-state index contributed by atoms with van der Waals surface area (Å²) in [6.45, 7) is 2.32. The second-order valence-electron chi connectivity index (χ2n) is 6.12. The van der Waals surface area contributed by atoms with Gasteiger partial charge in [0.05, 0.1) is 17.8 Å². The monoisotopic (exact) mass is 395 g/mol. The average Bonchev–Trinajstić information content (AvgIpc) is 3.20. The van der Waals surface area contributed by atoms with E-state index in [4.69, 9.17) is 10.7 Å². The second kappa shape index (κ2) is 5.47. The topological polar surface area (TPSA) is 85.2 Å². The van der Waals surface area contributed by atoms with Gasteiger partial charge < -0.3 is 5.73 Å². The largest absolute Gasteiger partial charge is 0.368 e. The number of nitrogens with zero attached hydrogens (tertiary/aromatic N) is 6. The molecular formula is C17H14BrN7. The Balaban J connectivity index is 1.54. The molecule has 4 heterocycles. The number of fused-ring (bicyclic) bond motifs is 4. The maximum Gasteiger partial charge on any atom is 0.223 e. The van der Waals surface area contributed by atoms with Crippen LogP contribution in [0.5, 0.6) is 0 Å². The number of nitrogens with two attached hydrogens (primary N) is 1. The van der Waals surface area contributed by atoms with Gasteiger partial charge in [0.15, 0.2) is 11.5 Å². The molecule has 2 N–H and O–H groups in total. The first kappa shape index (κ1) is 14.7. The van der Waals surface area contributed by atoms with Crippen LogP contribution in [0.4, 0.5) is 5.95 Å². The highest BCUT2D eigenvalue weighted by Gasteiger charge is 2.22. The summed E-state index contributed by atoms with van der Waals surface area (Å²) >= 11 is 3.52. The van der Waals surface area contributed by atoms with E-state index in [1.54, 1.807) is 4.52 Å². The first-order valence-corrected chi connectivity index (χ1v) is 8.73. The lowest BCUT2D eigenvalue weighted by Crippen LogP contribution is -2.16. The number of pyridine rings is 1. The summed E-state index contributed by atoms with van der Waals surface area (Å²) in [7, 11) is 0. The summed E-state index contributed by atoms with van der Waals surface area (Å²) < 4.78 is 2.51. The third-order valence-electron chi connectivity index (χ3n) is 4.44. The quantitative estimate of drug-likeness (QED) is 0.561. The molecule has 3 aromatic heterocycles.